The van der Waals surface area contributed by atoms with E-state index in [-0.39, 0.29) is 0 Å². The van der Waals surface area contributed by atoms with Crippen LogP contribution in [0.4, 0.5) is 0 Å². The second-order valence-electron chi connectivity index (χ2n) is 5.37. The van der Waals surface area contributed by atoms with Crippen LogP contribution < -0.4 is 10.1 Å². The average Bonchev–Trinajstić information content (AvgIpc) is 2.93. The van der Waals surface area contributed by atoms with E-state index in [0.29, 0.717) is 0 Å². The van der Waals surface area contributed by atoms with Gasteiger partial charge in [-0.3, -0.25) is 0 Å². The molecular weight excluding hydrogens is 272 g/mol. The summed E-state index contributed by atoms with van der Waals surface area (Å²) < 4.78 is 7.70. The number of rotatable bonds is 6. The highest BCUT2D eigenvalue weighted by Gasteiger charge is 2.07. The van der Waals surface area contributed by atoms with Gasteiger partial charge in [-0.1, -0.05) is 36.4 Å². The Hall–Kier alpha value is -2.26. The van der Waals surface area contributed by atoms with Gasteiger partial charge in [-0.25, -0.2) is 0 Å². The van der Waals surface area contributed by atoms with Crippen LogP contribution in [-0.2, 0) is 19.6 Å². The fourth-order valence-electron chi connectivity index (χ4n) is 2.91. The van der Waals surface area contributed by atoms with Crippen molar-refractivity contribution in [1.29, 1.82) is 0 Å². The number of aromatic nitrogens is 1. The van der Waals surface area contributed by atoms with Crippen molar-refractivity contribution < 1.29 is 4.74 Å². The molecule has 0 radical (unpaired) electrons. The number of ether oxygens (including phenoxy) is 1. The van der Waals surface area contributed by atoms with E-state index in [2.05, 4.69) is 53.3 Å². The van der Waals surface area contributed by atoms with E-state index in [0.717, 1.165) is 25.4 Å². The van der Waals surface area contributed by atoms with E-state index >= 15 is 0 Å². The molecule has 3 aromatic rings. The molecule has 22 heavy (non-hydrogen) atoms. The fourth-order valence-corrected chi connectivity index (χ4v) is 2.91. The Balaban J connectivity index is 1.74. The molecule has 0 fully saturated rings. The van der Waals surface area contributed by atoms with Crippen LogP contribution in [-0.4, -0.2) is 11.7 Å². The minimum absolute atomic E-state index is 0.801. The highest BCUT2D eigenvalue weighted by Crippen LogP contribution is 2.22. The predicted octanol–water partition coefficient (Wildman–Crippen LogP) is 3.96. The van der Waals surface area contributed by atoms with Crippen molar-refractivity contribution in [2.45, 2.75) is 26.6 Å². The van der Waals surface area contributed by atoms with Crippen LogP contribution in [0.2, 0.25) is 0 Å². The second kappa shape index (κ2) is 6.67. The fraction of sp³-hybridized carbons (Fsp3) is 0.263. The van der Waals surface area contributed by atoms with Crippen LogP contribution in [0.3, 0.4) is 0 Å². The van der Waals surface area contributed by atoms with E-state index < -0.39 is 0 Å². The van der Waals surface area contributed by atoms with Crippen LogP contribution in [0.5, 0.6) is 5.75 Å². The third-order valence-electron chi connectivity index (χ3n) is 4.04. The number of hydrogen-bond acceptors (Lipinski definition) is 2. The van der Waals surface area contributed by atoms with Crippen molar-refractivity contribution >= 4 is 10.9 Å². The van der Waals surface area contributed by atoms with Crippen molar-refractivity contribution in [3.8, 4) is 5.75 Å². The molecule has 0 saturated carbocycles. The maximum atomic E-state index is 5.40. The van der Waals surface area contributed by atoms with Crippen molar-refractivity contribution in [3.63, 3.8) is 0 Å². The lowest BCUT2D eigenvalue weighted by molar-refractivity contribution is 0.407. The van der Waals surface area contributed by atoms with Crippen LogP contribution in [0.1, 0.15) is 18.1 Å². The third-order valence-corrected chi connectivity index (χ3v) is 4.04. The Morgan fingerprint density at radius 1 is 0.955 bits per heavy atom. The van der Waals surface area contributed by atoms with Crippen molar-refractivity contribution in [1.82, 2.24) is 9.88 Å². The molecule has 3 nitrogen and oxygen atoms in total. The Morgan fingerprint density at radius 2 is 1.68 bits per heavy atom. The van der Waals surface area contributed by atoms with Crippen LogP contribution in [0.25, 0.3) is 10.9 Å². The number of hydrogen-bond donors (Lipinski definition) is 1. The van der Waals surface area contributed by atoms with Crippen molar-refractivity contribution in [2.24, 2.45) is 0 Å². The normalized spacial score (nSPS) is 11.0. The molecule has 3 heteroatoms. The van der Waals surface area contributed by atoms with Gasteiger partial charge in [-0.05, 0) is 24.6 Å². The number of benzene rings is 2. The molecule has 0 bridgehead atoms. The lowest BCUT2D eigenvalue weighted by Gasteiger charge is -2.09. The van der Waals surface area contributed by atoms with E-state index in [1.165, 1.54) is 22.0 Å². The first-order valence-corrected chi connectivity index (χ1v) is 7.73. The van der Waals surface area contributed by atoms with Gasteiger partial charge in [-0.2, -0.15) is 0 Å². The first-order chi connectivity index (χ1) is 10.8. The standard InChI is InChI=1S/C19H22N2O/c1-3-21-14-16(17-9-5-6-10-18(17)21)13-20-12-15-8-4-7-11-19(15)22-2/h4-11,14,20H,3,12-13H2,1-2H3. The Kier molecular flexibility index (Phi) is 4.45. The largest absolute Gasteiger partial charge is 0.496 e. The topological polar surface area (TPSA) is 26.2 Å². The maximum absolute atomic E-state index is 5.40. The summed E-state index contributed by atoms with van der Waals surface area (Å²) in [6.07, 6.45) is 2.25. The maximum Gasteiger partial charge on any atom is 0.123 e. The van der Waals surface area contributed by atoms with Gasteiger partial charge in [0.15, 0.2) is 0 Å². The quantitative estimate of drug-likeness (QED) is 0.745. The molecule has 1 aromatic heterocycles. The molecular formula is C19H22N2O. The lowest BCUT2D eigenvalue weighted by Crippen LogP contribution is -2.13. The summed E-state index contributed by atoms with van der Waals surface area (Å²) in [6.45, 7) is 4.83. The number of fused-ring (bicyclic) bond motifs is 1. The van der Waals surface area contributed by atoms with Gasteiger partial charge in [0.05, 0.1) is 7.11 Å². The summed E-state index contributed by atoms with van der Waals surface area (Å²) in [4.78, 5) is 0. The van der Waals surface area contributed by atoms with Gasteiger partial charge < -0.3 is 14.6 Å². The van der Waals surface area contributed by atoms with E-state index in [4.69, 9.17) is 4.74 Å². The van der Waals surface area contributed by atoms with Crippen LogP contribution >= 0.6 is 0 Å². The molecule has 1 N–H and O–H groups in total. The molecule has 0 aliphatic heterocycles. The Bertz CT molecular complexity index is 761. The highest BCUT2D eigenvalue weighted by molar-refractivity contribution is 5.83. The summed E-state index contributed by atoms with van der Waals surface area (Å²) in [5.41, 5.74) is 3.83. The van der Waals surface area contributed by atoms with Gasteiger partial charge in [0.25, 0.3) is 0 Å². The Morgan fingerprint density at radius 3 is 2.50 bits per heavy atom. The molecule has 0 spiro atoms. The molecule has 1 heterocycles. The lowest BCUT2D eigenvalue weighted by atomic mass is 10.1. The van der Waals surface area contributed by atoms with E-state index in [9.17, 15) is 0 Å². The van der Waals surface area contributed by atoms with Crippen molar-refractivity contribution in [3.05, 3.63) is 65.9 Å². The summed E-state index contributed by atoms with van der Waals surface area (Å²) in [5.74, 6) is 0.936. The zero-order chi connectivity index (χ0) is 15.4. The molecule has 0 saturated heterocycles. The second-order valence-corrected chi connectivity index (χ2v) is 5.37. The van der Waals surface area contributed by atoms with Crippen LogP contribution in [0.15, 0.2) is 54.7 Å². The zero-order valence-electron chi connectivity index (χ0n) is 13.2. The van der Waals surface area contributed by atoms with Gasteiger partial charge in [0.1, 0.15) is 5.75 Å². The van der Waals surface area contributed by atoms with E-state index in [1.807, 2.05) is 18.2 Å². The SMILES string of the molecule is CCn1cc(CNCc2ccccc2OC)c2ccccc21. The van der Waals surface area contributed by atoms with Gasteiger partial charge in [-0.15, -0.1) is 0 Å². The summed E-state index contributed by atoms with van der Waals surface area (Å²) >= 11 is 0. The van der Waals surface area contributed by atoms with Gasteiger partial charge in [0, 0.05) is 42.3 Å². The number of nitrogens with one attached hydrogen (secondary N) is 1. The number of methoxy groups -OCH3 is 1. The minimum atomic E-state index is 0.801. The zero-order valence-corrected chi connectivity index (χ0v) is 13.2. The summed E-state index contributed by atoms with van der Waals surface area (Å²) in [5, 5.41) is 4.86. The third kappa shape index (κ3) is 2.85. The van der Waals surface area contributed by atoms with Crippen LogP contribution in [0, 0.1) is 0 Å². The molecule has 3 rings (SSSR count). The molecule has 2 aromatic carbocycles. The Labute approximate surface area is 131 Å². The summed E-state index contributed by atoms with van der Waals surface area (Å²) in [6, 6.07) is 16.7. The van der Waals surface area contributed by atoms with Gasteiger partial charge >= 0.3 is 0 Å². The monoisotopic (exact) mass is 294 g/mol. The molecule has 0 atom stereocenters. The predicted molar refractivity (Wildman–Crippen MR) is 91.1 cm³/mol. The van der Waals surface area contributed by atoms with E-state index in [1.54, 1.807) is 7.11 Å². The molecule has 0 unspecified atom stereocenters. The molecule has 0 aliphatic rings. The average molecular weight is 294 g/mol. The first-order valence-electron chi connectivity index (χ1n) is 7.73. The minimum Gasteiger partial charge on any atom is -0.496 e. The molecule has 0 amide bonds. The van der Waals surface area contributed by atoms with Crippen molar-refractivity contribution in [2.75, 3.05) is 7.11 Å². The summed E-state index contributed by atoms with van der Waals surface area (Å²) in [7, 11) is 1.72. The molecule has 114 valence electrons. The first kappa shape index (κ1) is 14.7. The number of para-hydroxylation sites is 2. The smallest absolute Gasteiger partial charge is 0.123 e. The number of nitrogens with zero attached hydrogens (tertiary/aromatic N) is 1. The van der Waals surface area contributed by atoms with Gasteiger partial charge in [0.2, 0.25) is 0 Å². The number of aryl methyl sites for hydroxylation is 1. The highest BCUT2D eigenvalue weighted by atomic mass is 16.5. The molecule has 0 aliphatic carbocycles.